The maximum absolute atomic E-state index is 11.7. The van der Waals surface area contributed by atoms with Crippen molar-refractivity contribution in [2.75, 3.05) is 0 Å². The van der Waals surface area contributed by atoms with Gasteiger partial charge in [0.05, 0.1) is 16.3 Å². The summed E-state index contributed by atoms with van der Waals surface area (Å²) in [6.07, 6.45) is 0. The van der Waals surface area contributed by atoms with Crippen molar-refractivity contribution in [3.05, 3.63) is 49.5 Å². The van der Waals surface area contributed by atoms with Crippen molar-refractivity contribution in [3.8, 4) is 0 Å². The molecule has 0 fully saturated rings. The van der Waals surface area contributed by atoms with Crippen LogP contribution in [0.25, 0.3) is 0 Å². The number of carbonyl (C=O) groups is 1. The SMILES string of the molecule is O=C(NCc1cccs1)c1ccc([N+](=O)[O-])s1. The summed E-state index contributed by atoms with van der Waals surface area (Å²) in [6, 6.07) is 6.63. The fourth-order valence-corrected chi connectivity index (χ4v) is 2.60. The van der Waals surface area contributed by atoms with Crippen LogP contribution >= 0.6 is 22.7 Å². The van der Waals surface area contributed by atoms with Crippen molar-refractivity contribution < 1.29 is 9.72 Å². The summed E-state index contributed by atoms with van der Waals surface area (Å²) < 4.78 is 0. The lowest BCUT2D eigenvalue weighted by molar-refractivity contribution is -0.380. The number of nitro groups is 1. The normalized spacial score (nSPS) is 10.1. The van der Waals surface area contributed by atoms with Crippen LogP contribution in [0.15, 0.2) is 29.6 Å². The van der Waals surface area contributed by atoms with Gasteiger partial charge in [-0.1, -0.05) is 17.4 Å². The van der Waals surface area contributed by atoms with Gasteiger partial charge in [-0.15, -0.1) is 11.3 Å². The summed E-state index contributed by atoms with van der Waals surface area (Å²) in [5.41, 5.74) is 0. The van der Waals surface area contributed by atoms with Crippen molar-refractivity contribution in [3.63, 3.8) is 0 Å². The van der Waals surface area contributed by atoms with Crippen LogP contribution in [0.5, 0.6) is 0 Å². The molecule has 0 aliphatic rings. The largest absolute Gasteiger partial charge is 0.346 e. The highest BCUT2D eigenvalue weighted by Gasteiger charge is 2.14. The van der Waals surface area contributed by atoms with E-state index < -0.39 is 4.92 Å². The Bertz CT molecular complexity index is 534. The maximum atomic E-state index is 11.7. The Morgan fingerprint density at radius 2 is 2.24 bits per heavy atom. The molecule has 0 bridgehead atoms. The molecule has 0 aromatic carbocycles. The molecule has 0 spiro atoms. The van der Waals surface area contributed by atoms with Crippen LogP contribution in [-0.4, -0.2) is 10.8 Å². The minimum atomic E-state index is -0.499. The van der Waals surface area contributed by atoms with E-state index in [0.29, 0.717) is 11.4 Å². The van der Waals surface area contributed by atoms with Crippen molar-refractivity contribution in [2.45, 2.75) is 6.54 Å². The van der Waals surface area contributed by atoms with E-state index in [0.717, 1.165) is 16.2 Å². The van der Waals surface area contributed by atoms with Crippen LogP contribution in [-0.2, 0) is 6.54 Å². The third-order valence-electron chi connectivity index (χ3n) is 2.00. The van der Waals surface area contributed by atoms with Gasteiger partial charge in [0.15, 0.2) is 0 Å². The molecule has 0 aliphatic heterocycles. The summed E-state index contributed by atoms with van der Waals surface area (Å²) >= 11 is 2.43. The van der Waals surface area contributed by atoms with E-state index in [1.54, 1.807) is 11.3 Å². The van der Waals surface area contributed by atoms with E-state index in [-0.39, 0.29) is 10.9 Å². The summed E-state index contributed by atoms with van der Waals surface area (Å²) in [5.74, 6) is -0.281. The molecule has 2 aromatic rings. The second-order valence-electron chi connectivity index (χ2n) is 3.16. The molecule has 0 radical (unpaired) electrons. The van der Waals surface area contributed by atoms with E-state index in [4.69, 9.17) is 0 Å². The second-order valence-corrected chi connectivity index (χ2v) is 5.25. The molecule has 0 aliphatic carbocycles. The molecule has 1 N–H and O–H groups in total. The van der Waals surface area contributed by atoms with Gasteiger partial charge in [-0.05, 0) is 17.5 Å². The lowest BCUT2D eigenvalue weighted by Gasteiger charge is -1.99. The highest BCUT2D eigenvalue weighted by atomic mass is 32.1. The van der Waals surface area contributed by atoms with E-state index in [2.05, 4.69) is 5.32 Å². The lowest BCUT2D eigenvalue weighted by Crippen LogP contribution is -2.21. The number of hydrogen-bond acceptors (Lipinski definition) is 5. The van der Waals surface area contributed by atoms with Crippen LogP contribution in [0.1, 0.15) is 14.5 Å². The summed E-state index contributed by atoms with van der Waals surface area (Å²) in [7, 11) is 0. The Labute approximate surface area is 105 Å². The fourth-order valence-electron chi connectivity index (χ4n) is 1.22. The predicted molar refractivity (Wildman–Crippen MR) is 66.5 cm³/mol. The monoisotopic (exact) mass is 268 g/mol. The van der Waals surface area contributed by atoms with Crippen molar-refractivity contribution in [1.29, 1.82) is 0 Å². The van der Waals surface area contributed by atoms with Gasteiger partial charge in [0.25, 0.3) is 5.91 Å². The Hall–Kier alpha value is -1.73. The number of thiophene rings is 2. The van der Waals surface area contributed by atoms with Gasteiger partial charge in [0.2, 0.25) is 0 Å². The highest BCUT2D eigenvalue weighted by molar-refractivity contribution is 7.17. The Morgan fingerprint density at radius 1 is 1.41 bits per heavy atom. The summed E-state index contributed by atoms with van der Waals surface area (Å²) in [5, 5.41) is 15.1. The topological polar surface area (TPSA) is 72.2 Å². The number of nitrogens with one attached hydrogen (secondary N) is 1. The predicted octanol–water partition coefficient (Wildman–Crippen LogP) is 2.65. The first kappa shape index (κ1) is 11.7. The first-order valence-corrected chi connectivity index (χ1v) is 6.41. The van der Waals surface area contributed by atoms with E-state index in [1.165, 1.54) is 12.1 Å². The van der Waals surface area contributed by atoms with Crippen LogP contribution in [0.3, 0.4) is 0 Å². The third kappa shape index (κ3) is 2.89. The standard InChI is InChI=1S/C10H8N2O3S2/c13-10(11-6-7-2-1-5-16-7)8-3-4-9(17-8)12(14)15/h1-5H,6H2,(H,11,13). The number of hydrogen-bond donors (Lipinski definition) is 1. The van der Waals surface area contributed by atoms with E-state index in [1.807, 2.05) is 17.5 Å². The molecular formula is C10H8N2O3S2. The second kappa shape index (κ2) is 5.07. The summed E-state index contributed by atoms with van der Waals surface area (Å²) in [4.78, 5) is 23.0. The molecule has 0 saturated carbocycles. The molecule has 88 valence electrons. The molecule has 0 saturated heterocycles. The van der Waals surface area contributed by atoms with Gasteiger partial charge >= 0.3 is 5.00 Å². The number of rotatable bonds is 4. The first-order chi connectivity index (χ1) is 8.16. The van der Waals surface area contributed by atoms with Gasteiger partial charge in [-0.2, -0.15) is 0 Å². The zero-order valence-corrected chi connectivity index (χ0v) is 10.2. The fraction of sp³-hybridized carbons (Fsp3) is 0.100. The molecule has 2 rings (SSSR count). The molecular weight excluding hydrogens is 260 g/mol. The minimum Gasteiger partial charge on any atom is -0.346 e. The minimum absolute atomic E-state index is 0.0220. The smallest absolute Gasteiger partial charge is 0.324 e. The molecule has 17 heavy (non-hydrogen) atoms. The van der Waals surface area contributed by atoms with Crippen LogP contribution in [0.4, 0.5) is 5.00 Å². The van der Waals surface area contributed by atoms with E-state index >= 15 is 0 Å². The van der Waals surface area contributed by atoms with E-state index in [9.17, 15) is 14.9 Å². The average molecular weight is 268 g/mol. The van der Waals surface area contributed by atoms with Crippen LogP contribution in [0, 0.1) is 10.1 Å². The Morgan fingerprint density at radius 3 is 2.82 bits per heavy atom. The first-order valence-electron chi connectivity index (χ1n) is 4.71. The van der Waals surface area contributed by atoms with Crippen LogP contribution in [0.2, 0.25) is 0 Å². The Balaban J connectivity index is 1.97. The van der Waals surface area contributed by atoms with Crippen LogP contribution < -0.4 is 5.32 Å². The van der Waals surface area contributed by atoms with Crippen molar-refractivity contribution in [2.24, 2.45) is 0 Å². The highest BCUT2D eigenvalue weighted by Crippen LogP contribution is 2.23. The van der Waals surface area contributed by atoms with Gasteiger partial charge < -0.3 is 5.32 Å². The molecule has 0 atom stereocenters. The zero-order valence-electron chi connectivity index (χ0n) is 8.58. The number of carbonyl (C=O) groups excluding carboxylic acids is 1. The number of amides is 1. The summed E-state index contributed by atoms with van der Waals surface area (Å²) in [6.45, 7) is 0.447. The number of nitrogens with zero attached hydrogens (tertiary/aromatic N) is 1. The van der Waals surface area contributed by atoms with Gasteiger partial charge in [0.1, 0.15) is 0 Å². The van der Waals surface area contributed by atoms with Crippen molar-refractivity contribution >= 4 is 33.6 Å². The molecule has 5 nitrogen and oxygen atoms in total. The molecule has 2 heterocycles. The molecule has 2 aromatic heterocycles. The van der Waals surface area contributed by atoms with Gasteiger partial charge in [-0.3, -0.25) is 14.9 Å². The zero-order chi connectivity index (χ0) is 12.3. The maximum Gasteiger partial charge on any atom is 0.324 e. The lowest BCUT2D eigenvalue weighted by atomic mass is 10.4. The molecule has 7 heteroatoms. The average Bonchev–Trinajstić information content (AvgIpc) is 2.96. The molecule has 1 amide bonds. The Kier molecular flexibility index (Phi) is 3.50. The van der Waals surface area contributed by atoms with Gasteiger partial charge in [-0.25, -0.2) is 0 Å². The third-order valence-corrected chi connectivity index (χ3v) is 3.91. The quantitative estimate of drug-likeness (QED) is 0.684. The van der Waals surface area contributed by atoms with Gasteiger partial charge in [0, 0.05) is 10.9 Å². The molecule has 0 unspecified atom stereocenters. The van der Waals surface area contributed by atoms with Crippen molar-refractivity contribution in [1.82, 2.24) is 5.32 Å².